The van der Waals surface area contributed by atoms with Crippen LogP contribution in [0.5, 0.6) is 0 Å². The standard InChI is InChI=1S/C10H13ClN2O3S/c1-16-8(14)6-7(11)13-9(17-6)12-5-10(15)3-2-4-10/h15H,2-5H2,1H3,(H,12,13). The van der Waals surface area contributed by atoms with Gasteiger partial charge in [0, 0.05) is 6.54 Å². The molecule has 17 heavy (non-hydrogen) atoms. The number of hydrogen-bond acceptors (Lipinski definition) is 6. The van der Waals surface area contributed by atoms with Crippen LogP contribution in [0.3, 0.4) is 0 Å². The Bertz CT molecular complexity index is 431. The van der Waals surface area contributed by atoms with Gasteiger partial charge in [-0.05, 0) is 19.3 Å². The fourth-order valence-corrected chi connectivity index (χ4v) is 2.70. The van der Waals surface area contributed by atoms with Crippen molar-refractivity contribution >= 4 is 34.0 Å². The molecule has 0 aromatic carbocycles. The fraction of sp³-hybridized carbons (Fsp3) is 0.600. The number of nitrogens with one attached hydrogen (secondary N) is 1. The molecule has 0 unspecified atom stereocenters. The van der Waals surface area contributed by atoms with Crippen LogP contribution in [-0.2, 0) is 4.74 Å². The zero-order valence-corrected chi connectivity index (χ0v) is 10.9. The summed E-state index contributed by atoms with van der Waals surface area (Å²) in [6, 6.07) is 0. The first-order valence-corrected chi connectivity index (χ1v) is 6.44. The molecule has 1 aliphatic rings. The van der Waals surface area contributed by atoms with E-state index in [4.69, 9.17) is 11.6 Å². The number of hydrogen-bond donors (Lipinski definition) is 2. The highest BCUT2D eigenvalue weighted by Gasteiger charge is 2.34. The number of nitrogens with zero attached hydrogens (tertiary/aromatic N) is 1. The summed E-state index contributed by atoms with van der Waals surface area (Å²) < 4.78 is 4.58. The molecule has 0 bridgehead atoms. The van der Waals surface area contributed by atoms with E-state index in [1.54, 1.807) is 0 Å². The molecule has 1 aliphatic carbocycles. The van der Waals surface area contributed by atoms with E-state index in [0.717, 1.165) is 30.6 Å². The van der Waals surface area contributed by atoms with Gasteiger partial charge >= 0.3 is 5.97 Å². The Labute approximate surface area is 108 Å². The number of halogens is 1. The third kappa shape index (κ3) is 2.70. The van der Waals surface area contributed by atoms with E-state index in [-0.39, 0.29) is 10.0 Å². The minimum Gasteiger partial charge on any atom is -0.465 e. The van der Waals surface area contributed by atoms with E-state index in [0.29, 0.717) is 11.7 Å². The molecule has 2 N–H and O–H groups in total. The summed E-state index contributed by atoms with van der Waals surface area (Å²) in [6.45, 7) is 0.428. The molecule has 1 aromatic heterocycles. The lowest BCUT2D eigenvalue weighted by Gasteiger charge is -2.36. The van der Waals surface area contributed by atoms with Crippen molar-refractivity contribution in [3.8, 4) is 0 Å². The number of carbonyl (C=O) groups is 1. The number of rotatable bonds is 4. The van der Waals surface area contributed by atoms with Crippen molar-refractivity contribution in [3.63, 3.8) is 0 Å². The summed E-state index contributed by atoms with van der Waals surface area (Å²) in [7, 11) is 1.29. The highest BCUT2D eigenvalue weighted by Crippen LogP contribution is 2.33. The lowest BCUT2D eigenvalue weighted by molar-refractivity contribution is -0.0202. The normalized spacial score (nSPS) is 17.4. The summed E-state index contributed by atoms with van der Waals surface area (Å²) in [5.74, 6) is -0.497. The second kappa shape index (κ2) is 4.80. The summed E-state index contributed by atoms with van der Waals surface area (Å²) in [6.07, 6.45) is 2.64. The molecule has 5 nitrogen and oxygen atoms in total. The topological polar surface area (TPSA) is 71.5 Å². The first kappa shape index (κ1) is 12.6. The van der Waals surface area contributed by atoms with Gasteiger partial charge in [-0.25, -0.2) is 9.78 Å². The molecule has 1 aromatic rings. The smallest absolute Gasteiger partial charge is 0.351 e. The molecule has 1 saturated carbocycles. The van der Waals surface area contributed by atoms with Gasteiger partial charge in [0.25, 0.3) is 0 Å². The maximum atomic E-state index is 11.3. The van der Waals surface area contributed by atoms with Gasteiger partial charge in [0.15, 0.2) is 15.2 Å². The Hall–Kier alpha value is -0.850. The van der Waals surface area contributed by atoms with Crippen LogP contribution in [0.1, 0.15) is 28.9 Å². The Kier molecular flexibility index (Phi) is 3.56. The highest BCUT2D eigenvalue weighted by molar-refractivity contribution is 7.18. The third-order valence-electron chi connectivity index (χ3n) is 2.81. The number of ether oxygens (including phenoxy) is 1. The Morgan fingerprint density at radius 3 is 2.94 bits per heavy atom. The SMILES string of the molecule is COC(=O)c1sc(NCC2(O)CCC2)nc1Cl. The lowest BCUT2D eigenvalue weighted by atomic mass is 9.80. The summed E-state index contributed by atoms with van der Waals surface area (Å²) in [5.41, 5.74) is -0.635. The van der Waals surface area contributed by atoms with Crippen LogP contribution >= 0.6 is 22.9 Å². The van der Waals surface area contributed by atoms with Crippen molar-refractivity contribution in [2.24, 2.45) is 0 Å². The summed E-state index contributed by atoms with van der Waals surface area (Å²) in [4.78, 5) is 15.6. The molecular weight excluding hydrogens is 264 g/mol. The second-order valence-corrected chi connectivity index (χ2v) is 5.42. The van der Waals surface area contributed by atoms with E-state index in [1.807, 2.05) is 0 Å². The van der Waals surface area contributed by atoms with Gasteiger partial charge in [-0.1, -0.05) is 22.9 Å². The molecule has 0 radical (unpaired) electrons. The minimum absolute atomic E-state index is 0.130. The molecule has 1 heterocycles. The Balaban J connectivity index is 1.99. The second-order valence-electron chi connectivity index (χ2n) is 4.06. The van der Waals surface area contributed by atoms with Gasteiger partial charge in [-0.3, -0.25) is 0 Å². The van der Waals surface area contributed by atoms with Crippen LogP contribution in [0, 0.1) is 0 Å². The predicted octanol–water partition coefficient (Wildman–Crippen LogP) is 1.91. The molecule has 1 fully saturated rings. The third-order valence-corrected chi connectivity index (χ3v) is 4.19. The van der Waals surface area contributed by atoms with Crippen molar-refractivity contribution in [2.75, 3.05) is 19.0 Å². The fourth-order valence-electron chi connectivity index (χ4n) is 1.60. The Morgan fingerprint density at radius 2 is 2.41 bits per heavy atom. The predicted molar refractivity (Wildman–Crippen MR) is 65.8 cm³/mol. The van der Waals surface area contributed by atoms with E-state index >= 15 is 0 Å². The van der Waals surface area contributed by atoms with Gasteiger partial charge < -0.3 is 15.2 Å². The van der Waals surface area contributed by atoms with Crippen LogP contribution in [0.4, 0.5) is 5.13 Å². The van der Waals surface area contributed by atoms with Crippen LogP contribution in [-0.4, -0.2) is 35.3 Å². The number of aromatic nitrogens is 1. The van der Waals surface area contributed by atoms with Gasteiger partial charge in [-0.15, -0.1) is 0 Å². The van der Waals surface area contributed by atoms with E-state index in [2.05, 4.69) is 15.0 Å². The molecule has 0 spiro atoms. The molecule has 2 rings (SSSR count). The molecule has 0 saturated heterocycles. The number of esters is 1. The van der Waals surface area contributed by atoms with Crippen LogP contribution in [0.2, 0.25) is 5.15 Å². The van der Waals surface area contributed by atoms with Gasteiger partial charge in [0.05, 0.1) is 12.7 Å². The maximum absolute atomic E-state index is 11.3. The number of thiazole rings is 1. The zero-order valence-electron chi connectivity index (χ0n) is 9.33. The van der Waals surface area contributed by atoms with Gasteiger partial charge in [0.2, 0.25) is 0 Å². The number of anilines is 1. The van der Waals surface area contributed by atoms with Gasteiger partial charge in [-0.2, -0.15) is 0 Å². The van der Waals surface area contributed by atoms with Crippen LogP contribution in [0.15, 0.2) is 0 Å². The quantitative estimate of drug-likeness (QED) is 0.822. The monoisotopic (exact) mass is 276 g/mol. The van der Waals surface area contributed by atoms with Crippen LogP contribution in [0.25, 0.3) is 0 Å². The minimum atomic E-state index is -0.635. The molecule has 7 heteroatoms. The number of aliphatic hydroxyl groups is 1. The van der Waals surface area contributed by atoms with Crippen molar-refractivity contribution in [2.45, 2.75) is 24.9 Å². The Morgan fingerprint density at radius 1 is 1.71 bits per heavy atom. The van der Waals surface area contributed by atoms with Crippen molar-refractivity contribution in [1.82, 2.24) is 4.98 Å². The average Bonchev–Trinajstić information content (AvgIpc) is 2.64. The molecule has 0 atom stereocenters. The zero-order chi connectivity index (χ0) is 12.5. The highest BCUT2D eigenvalue weighted by atomic mass is 35.5. The number of carbonyl (C=O) groups excluding carboxylic acids is 1. The van der Waals surface area contributed by atoms with Crippen molar-refractivity contribution < 1.29 is 14.6 Å². The largest absolute Gasteiger partial charge is 0.465 e. The van der Waals surface area contributed by atoms with Gasteiger partial charge in [0.1, 0.15) is 0 Å². The summed E-state index contributed by atoms with van der Waals surface area (Å²) >= 11 is 6.94. The van der Waals surface area contributed by atoms with Crippen molar-refractivity contribution in [3.05, 3.63) is 10.0 Å². The first-order valence-electron chi connectivity index (χ1n) is 5.25. The van der Waals surface area contributed by atoms with E-state index in [9.17, 15) is 9.90 Å². The van der Waals surface area contributed by atoms with Crippen LogP contribution < -0.4 is 5.32 Å². The van der Waals surface area contributed by atoms with E-state index in [1.165, 1.54) is 7.11 Å². The molecular formula is C10H13ClN2O3S. The molecule has 0 amide bonds. The van der Waals surface area contributed by atoms with Crippen molar-refractivity contribution in [1.29, 1.82) is 0 Å². The molecule has 94 valence electrons. The summed E-state index contributed by atoms with van der Waals surface area (Å²) in [5, 5.41) is 13.5. The molecule has 0 aliphatic heterocycles. The maximum Gasteiger partial charge on any atom is 0.351 e. The average molecular weight is 277 g/mol. The lowest BCUT2D eigenvalue weighted by Crippen LogP contribution is -2.43. The van der Waals surface area contributed by atoms with E-state index < -0.39 is 11.6 Å². The first-order chi connectivity index (χ1) is 8.04. The number of methoxy groups -OCH3 is 1.